The molecule has 2 radical (unpaired) electrons. The molecule has 1 aromatic heterocycles. The third-order valence-electron chi connectivity index (χ3n) is 0.884. The molecule has 0 saturated carbocycles. The predicted octanol–water partition coefficient (Wildman–Crippen LogP) is 0.290. The molecule has 0 atom stereocenters. The van der Waals surface area contributed by atoms with Gasteiger partial charge in [-0.15, -0.1) is 5.73 Å². The van der Waals surface area contributed by atoms with Gasteiger partial charge in [-0.2, -0.15) is 0 Å². The first-order chi connectivity index (χ1) is 4.30. The average molecular weight is 120 g/mol. The molecule has 44 valence electrons. The largest absolute Gasteiger partial charge is 0.314 e. The lowest BCUT2D eigenvalue weighted by atomic mass is 10.3. The fourth-order valence-corrected chi connectivity index (χ4v) is 0.489. The number of aromatic nitrogens is 1. The van der Waals surface area contributed by atoms with Crippen LogP contribution >= 0.6 is 0 Å². The number of carbonyl (C=O) groups is 1. The fraction of sp³-hybridized carbons (Fsp3) is 0. The third kappa shape index (κ3) is 1.25. The molecule has 3 nitrogen and oxygen atoms in total. The Morgan fingerprint density at radius 1 is 1.56 bits per heavy atom. The molecule has 1 heterocycles. The summed E-state index contributed by atoms with van der Waals surface area (Å²) in [6, 6.07) is 4.76. The van der Waals surface area contributed by atoms with Crippen molar-refractivity contribution in [2.45, 2.75) is 0 Å². The molecule has 9 heavy (non-hydrogen) atoms. The van der Waals surface area contributed by atoms with E-state index in [2.05, 4.69) is 4.98 Å². The lowest BCUT2D eigenvalue weighted by Crippen LogP contribution is -2.00. The molecule has 1 rings (SSSR count). The Labute approximate surface area is 52.5 Å². The van der Waals surface area contributed by atoms with E-state index in [4.69, 9.17) is 5.73 Å². The Morgan fingerprint density at radius 3 is 2.67 bits per heavy atom. The summed E-state index contributed by atoms with van der Waals surface area (Å²) in [6.45, 7) is 0. The van der Waals surface area contributed by atoms with Crippen LogP contribution in [0.5, 0.6) is 0 Å². The van der Waals surface area contributed by atoms with Gasteiger partial charge < -0.3 is 0 Å². The number of amides is 1. The van der Waals surface area contributed by atoms with Gasteiger partial charge in [-0.1, -0.05) is 6.07 Å². The molecule has 0 saturated heterocycles. The van der Waals surface area contributed by atoms with Crippen molar-refractivity contribution in [3.05, 3.63) is 30.1 Å². The van der Waals surface area contributed by atoms with E-state index >= 15 is 0 Å². The van der Waals surface area contributed by atoms with Crippen molar-refractivity contribution in [2.75, 3.05) is 0 Å². The second kappa shape index (κ2) is 2.26. The molecule has 0 aliphatic heterocycles. The van der Waals surface area contributed by atoms with Gasteiger partial charge in [0.1, 0.15) is 5.69 Å². The second-order valence-electron chi connectivity index (χ2n) is 1.52. The molecule has 0 spiro atoms. The summed E-state index contributed by atoms with van der Waals surface area (Å²) in [4.78, 5) is 13.7. The molecule has 0 aliphatic rings. The van der Waals surface area contributed by atoms with Gasteiger partial charge in [0, 0.05) is 6.20 Å². The molecule has 3 heteroatoms. The first kappa shape index (κ1) is 5.75. The van der Waals surface area contributed by atoms with Gasteiger partial charge in [-0.3, -0.25) is 9.78 Å². The zero-order valence-electron chi connectivity index (χ0n) is 4.61. The van der Waals surface area contributed by atoms with Crippen LogP contribution in [0.15, 0.2) is 24.4 Å². The SMILES string of the molecule is [N]C(=O)c1ccccn1. The molecule has 1 aromatic rings. The van der Waals surface area contributed by atoms with Gasteiger partial charge in [0.25, 0.3) is 0 Å². The quantitative estimate of drug-likeness (QED) is 0.534. The van der Waals surface area contributed by atoms with Crippen molar-refractivity contribution in [1.82, 2.24) is 10.7 Å². The monoisotopic (exact) mass is 120 g/mol. The zero-order chi connectivity index (χ0) is 6.69. The van der Waals surface area contributed by atoms with Crippen LogP contribution in [-0.2, 0) is 0 Å². The van der Waals surface area contributed by atoms with Crippen LogP contribution in [0.2, 0.25) is 0 Å². The topological polar surface area (TPSA) is 52.3 Å². The molecule has 1 amide bonds. The highest BCUT2D eigenvalue weighted by Crippen LogP contribution is 1.90. The van der Waals surface area contributed by atoms with Crippen molar-refractivity contribution < 1.29 is 4.79 Å². The Hall–Kier alpha value is -1.38. The highest BCUT2D eigenvalue weighted by Gasteiger charge is 1.99. The zero-order valence-corrected chi connectivity index (χ0v) is 4.61. The van der Waals surface area contributed by atoms with Gasteiger partial charge in [0.05, 0.1) is 0 Å². The minimum atomic E-state index is -0.990. The van der Waals surface area contributed by atoms with E-state index in [9.17, 15) is 4.79 Å². The van der Waals surface area contributed by atoms with Gasteiger partial charge in [0.15, 0.2) is 0 Å². The standard InChI is InChI=1S/C6H4N2O/c7-6(9)5-3-1-2-4-8-5/h1-4H. The maximum Gasteiger partial charge on any atom is 0.314 e. The summed E-state index contributed by atoms with van der Waals surface area (Å²) in [7, 11) is 0. The summed E-state index contributed by atoms with van der Waals surface area (Å²) in [5.41, 5.74) is 8.40. The summed E-state index contributed by atoms with van der Waals surface area (Å²) in [5.74, 6) is -0.990. The number of hydrogen-bond acceptors (Lipinski definition) is 2. The molecule has 0 N–H and O–H groups in total. The van der Waals surface area contributed by atoms with Crippen LogP contribution in [0.25, 0.3) is 0 Å². The number of pyridine rings is 1. The van der Waals surface area contributed by atoms with E-state index in [-0.39, 0.29) is 5.69 Å². The van der Waals surface area contributed by atoms with Gasteiger partial charge >= 0.3 is 5.91 Å². The third-order valence-corrected chi connectivity index (χ3v) is 0.884. The molecule has 0 fully saturated rings. The number of carbonyl (C=O) groups excluding carboxylic acids is 1. The van der Waals surface area contributed by atoms with Crippen LogP contribution in [0, 0.1) is 0 Å². The summed E-state index contributed by atoms with van der Waals surface area (Å²) in [5, 5.41) is 0. The Balaban J connectivity index is 2.98. The minimum Gasteiger partial charge on any atom is -0.263 e. The van der Waals surface area contributed by atoms with Gasteiger partial charge in [-0.25, -0.2) is 0 Å². The van der Waals surface area contributed by atoms with E-state index < -0.39 is 5.91 Å². The van der Waals surface area contributed by atoms with Crippen molar-refractivity contribution in [3.8, 4) is 0 Å². The molecular weight excluding hydrogens is 116 g/mol. The van der Waals surface area contributed by atoms with Crippen molar-refractivity contribution in [3.63, 3.8) is 0 Å². The van der Waals surface area contributed by atoms with Crippen LogP contribution < -0.4 is 5.73 Å². The van der Waals surface area contributed by atoms with E-state index in [1.165, 1.54) is 12.3 Å². The van der Waals surface area contributed by atoms with Gasteiger partial charge in [-0.05, 0) is 12.1 Å². The number of nitrogens with zero attached hydrogens (tertiary/aromatic N) is 2. The Bertz CT molecular complexity index is 208. The molecule has 0 bridgehead atoms. The lowest BCUT2D eigenvalue weighted by molar-refractivity contribution is 0.0987. The first-order valence-electron chi connectivity index (χ1n) is 2.45. The van der Waals surface area contributed by atoms with Crippen LogP contribution in [0.3, 0.4) is 0 Å². The molecule has 0 aliphatic carbocycles. The molecular formula is C6H4N2O. The maximum absolute atomic E-state index is 10.1. The Kier molecular flexibility index (Phi) is 1.44. The normalized spacial score (nSPS) is 8.89. The lowest BCUT2D eigenvalue weighted by Gasteiger charge is -1.85. The van der Waals surface area contributed by atoms with Gasteiger partial charge in [0.2, 0.25) is 0 Å². The smallest absolute Gasteiger partial charge is 0.263 e. The van der Waals surface area contributed by atoms with Crippen LogP contribution in [-0.4, -0.2) is 10.9 Å². The number of rotatable bonds is 1. The van der Waals surface area contributed by atoms with E-state index in [0.717, 1.165) is 0 Å². The average Bonchev–Trinajstić information content (AvgIpc) is 1.90. The van der Waals surface area contributed by atoms with E-state index in [0.29, 0.717) is 0 Å². The Morgan fingerprint density at radius 2 is 2.33 bits per heavy atom. The van der Waals surface area contributed by atoms with Crippen molar-refractivity contribution >= 4 is 5.91 Å². The van der Waals surface area contributed by atoms with Crippen LogP contribution in [0.1, 0.15) is 10.5 Å². The molecule has 0 aromatic carbocycles. The van der Waals surface area contributed by atoms with Crippen molar-refractivity contribution in [1.29, 1.82) is 0 Å². The fourth-order valence-electron chi connectivity index (χ4n) is 0.489. The predicted molar refractivity (Wildman–Crippen MR) is 30.7 cm³/mol. The highest BCUT2D eigenvalue weighted by atomic mass is 16.1. The summed E-state index contributed by atoms with van der Waals surface area (Å²) in [6.07, 6.45) is 1.45. The van der Waals surface area contributed by atoms with Crippen molar-refractivity contribution in [2.24, 2.45) is 0 Å². The summed E-state index contributed by atoms with van der Waals surface area (Å²) < 4.78 is 0. The minimum absolute atomic E-state index is 0.0810. The van der Waals surface area contributed by atoms with Crippen LogP contribution in [0.4, 0.5) is 0 Å². The molecule has 0 unspecified atom stereocenters. The second-order valence-corrected chi connectivity index (χ2v) is 1.52. The number of hydrogen-bond donors (Lipinski definition) is 0. The van der Waals surface area contributed by atoms with E-state index in [1.54, 1.807) is 12.1 Å². The highest BCUT2D eigenvalue weighted by molar-refractivity contribution is 5.89. The summed E-state index contributed by atoms with van der Waals surface area (Å²) >= 11 is 0. The maximum atomic E-state index is 10.1. The van der Waals surface area contributed by atoms with E-state index in [1.807, 2.05) is 0 Å². The first-order valence-corrected chi connectivity index (χ1v) is 2.45.